The van der Waals surface area contributed by atoms with Crippen LogP contribution in [0.25, 0.3) is 0 Å². The summed E-state index contributed by atoms with van der Waals surface area (Å²) >= 11 is 0. The number of hydrogen-bond donors (Lipinski definition) is 2. The van der Waals surface area contributed by atoms with E-state index in [4.69, 9.17) is 0 Å². The maximum Gasteiger partial charge on any atom is 0.260 e. The maximum absolute atomic E-state index is 11.3. The van der Waals surface area contributed by atoms with Gasteiger partial charge in [-0.3, -0.25) is 4.79 Å². The molecule has 1 aromatic rings. The average Bonchev–Trinajstić information content (AvgIpc) is 2.27. The van der Waals surface area contributed by atoms with E-state index in [2.05, 4.69) is 5.32 Å². The first-order valence-electron chi connectivity index (χ1n) is 4.17. The second-order valence-electron chi connectivity index (χ2n) is 3.58. The topological polar surface area (TPSA) is 49.3 Å². The third-order valence-electron chi connectivity index (χ3n) is 2.39. The van der Waals surface area contributed by atoms with Crippen molar-refractivity contribution in [2.24, 2.45) is 0 Å². The average molecular weight is 177 g/mol. The standard InChI is InChI=1S/C10H11NO2/c1-6-3-4-8-7(5-6)10(2,13)9(12)11-8/h3-5,13H,1-2H3,(H,11,12). The Kier molecular flexibility index (Phi) is 1.48. The molecule has 1 heterocycles. The van der Waals surface area contributed by atoms with Crippen molar-refractivity contribution in [2.75, 3.05) is 5.32 Å². The highest BCUT2D eigenvalue weighted by Gasteiger charge is 2.40. The van der Waals surface area contributed by atoms with Crippen LogP contribution in [-0.2, 0) is 10.4 Å². The van der Waals surface area contributed by atoms with Crippen LogP contribution in [0.4, 0.5) is 5.69 Å². The molecule has 13 heavy (non-hydrogen) atoms. The van der Waals surface area contributed by atoms with Crippen molar-refractivity contribution in [2.45, 2.75) is 19.4 Å². The van der Waals surface area contributed by atoms with Crippen LogP contribution in [0.15, 0.2) is 18.2 Å². The monoisotopic (exact) mass is 177 g/mol. The lowest BCUT2D eigenvalue weighted by Crippen LogP contribution is -2.30. The second kappa shape index (κ2) is 2.33. The van der Waals surface area contributed by atoms with E-state index in [0.29, 0.717) is 11.3 Å². The minimum Gasteiger partial charge on any atom is -0.375 e. The van der Waals surface area contributed by atoms with Gasteiger partial charge in [0.15, 0.2) is 5.60 Å². The molecule has 0 fully saturated rings. The van der Waals surface area contributed by atoms with Crippen LogP contribution in [-0.4, -0.2) is 11.0 Å². The molecule has 1 amide bonds. The fourth-order valence-electron chi connectivity index (χ4n) is 1.54. The van der Waals surface area contributed by atoms with Gasteiger partial charge in [0.05, 0.1) is 0 Å². The Labute approximate surface area is 76.4 Å². The molecule has 1 aliphatic rings. The summed E-state index contributed by atoms with van der Waals surface area (Å²) in [7, 11) is 0. The number of anilines is 1. The SMILES string of the molecule is Cc1ccc2c(c1)C(C)(O)C(=O)N2. The van der Waals surface area contributed by atoms with E-state index in [1.54, 1.807) is 0 Å². The number of rotatable bonds is 0. The molecule has 1 aromatic carbocycles. The van der Waals surface area contributed by atoms with E-state index >= 15 is 0 Å². The summed E-state index contributed by atoms with van der Waals surface area (Å²) in [6.07, 6.45) is 0. The molecule has 0 spiro atoms. The highest BCUT2D eigenvalue weighted by molar-refractivity contribution is 6.04. The first-order valence-corrected chi connectivity index (χ1v) is 4.17. The molecule has 1 unspecified atom stereocenters. The summed E-state index contributed by atoms with van der Waals surface area (Å²) in [5, 5.41) is 12.5. The second-order valence-corrected chi connectivity index (χ2v) is 3.58. The molecule has 3 nitrogen and oxygen atoms in total. The third kappa shape index (κ3) is 1.04. The lowest BCUT2D eigenvalue weighted by atomic mass is 9.96. The van der Waals surface area contributed by atoms with E-state index in [0.717, 1.165) is 5.56 Å². The van der Waals surface area contributed by atoms with Crippen LogP contribution in [0.2, 0.25) is 0 Å². The molecule has 68 valence electrons. The van der Waals surface area contributed by atoms with Crippen molar-refractivity contribution in [3.05, 3.63) is 29.3 Å². The van der Waals surface area contributed by atoms with Gasteiger partial charge in [-0.15, -0.1) is 0 Å². The molecule has 0 aliphatic carbocycles. The number of fused-ring (bicyclic) bond motifs is 1. The van der Waals surface area contributed by atoms with Gasteiger partial charge in [0.1, 0.15) is 0 Å². The van der Waals surface area contributed by atoms with Crippen LogP contribution in [0, 0.1) is 6.92 Å². The summed E-state index contributed by atoms with van der Waals surface area (Å²) in [6.45, 7) is 3.44. The zero-order chi connectivity index (χ0) is 9.64. The van der Waals surface area contributed by atoms with Gasteiger partial charge in [-0.1, -0.05) is 17.7 Å². The summed E-state index contributed by atoms with van der Waals surface area (Å²) in [5.74, 6) is -0.354. The van der Waals surface area contributed by atoms with Crippen LogP contribution in [0.5, 0.6) is 0 Å². The molecule has 0 bridgehead atoms. The van der Waals surface area contributed by atoms with E-state index in [1.807, 2.05) is 25.1 Å². The van der Waals surface area contributed by atoms with E-state index in [9.17, 15) is 9.90 Å². The minimum atomic E-state index is -1.37. The van der Waals surface area contributed by atoms with Gasteiger partial charge >= 0.3 is 0 Å². The van der Waals surface area contributed by atoms with Crippen LogP contribution < -0.4 is 5.32 Å². The Morgan fingerprint density at radius 1 is 1.46 bits per heavy atom. The molecule has 0 radical (unpaired) electrons. The lowest BCUT2D eigenvalue weighted by molar-refractivity contribution is -0.131. The van der Waals surface area contributed by atoms with E-state index in [1.165, 1.54) is 6.92 Å². The number of hydrogen-bond acceptors (Lipinski definition) is 2. The first kappa shape index (κ1) is 8.26. The van der Waals surface area contributed by atoms with Crippen molar-refractivity contribution in [3.8, 4) is 0 Å². The van der Waals surface area contributed by atoms with Gasteiger partial charge in [-0.2, -0.15) is 0 Å². The molecule has 3 heteroatoms. The van der Waals surface area contributed by atoms with Crippen LogP contribution in [0.3, 0.4) is 0 Å². The number of amides is 1. The molecule has 2 rings (SSSR count). The molecule has 2 N–H and O–H groups in total. The molecule has 0 aromatic heterocycles. The highest BCUT2D eigenvalue weighted by atomic mass is 16.3. The maximum atomic E-state index is 11.3. The Morgan fingerprint density at radius 3 is 2.85 bits per heavy atom. The molecule has 0 saturated heterocycles. The van der Waals surface area contributed by atoms with Crippen LogP contribution >= 0.6 is 0 Å². The fourth-order valence-corrected chi connectivity index (χ4v) is 1.54. The molecular weight excluding hydrogens is 166 g/mol. The van der Waals surface area contributed by atoms with Gasteiger partial charge in [0.25, 0.3) is 5.91 Å². The van der Waals surface area contributed by atoms with Crippen molar-refractivity contribution >= 4 is 11.6 Å². The predicted octanol–water partition coefficient (Wildman–Crippen LogP) is 1.15. The van der Waals surface area contributed by atoms with Crippen molar-refractivity contribution in [1.29, 1.82) is 0 Å². The molecule has 0 saturated carbocycles. The number of carbonyl (C=O) groups excluding carboxylic acids is 1. The van der Waals surface area contributed by atoms with E-state index in [-0.39, 0.29) is 5.91 Å². The summed E-state index contributed by atoms with van der Waals surface area (Å²) in [6, 6.07) is 5.54. The van der Waals surface area contributed by atoms with Gasteiger partial charge in [-0.05, 0) is 19.9 Å². The van der Waals surface area contributed by atoms with Gasteiger partial charge in [0.2, 0.25) is 0 Å². The van der Waals surface area contributed by atoms with Gasteiger partial charge in [0, 0.05) is 11.3 Å². The summed E-state index contributed by atoms with van der Waals surface area (Å²) in [5.41, 5.74) is 1.04. The van der Waals surface area contributed by atoms with E-state index < -0.39 is 5.60 Å². The smallest absolute Gasteiger partial charge is 0.260 e. The van der Waals surface area contributed by atoms with Crippen molar-refractivity contribution in [1.82, 2.24) is 0 Å². The van der Waals surface area contributed by atoms with Crippen molar-refractivity contribution in [3.63, 3.8) is 0 Å². The number of carbonyl (C=O) groups is 1. The fraction of sp³-hybridized carbons (Fsp3) is 0.300. The Balaban J connectivity index is 2.64. The number of benzene rings is 1. The number of aliphatic hydroxyl groups is 1. The van der Waals surface area contributed by atoms with Crippen LogP contribution in [0.1, 0.15) is 18.1 Å². The molecule has 1 atom stereocenters. The van der Waals surface area contributed by atoms with Gasteiger partial charge < -0.3 is 10.4 Å². The lowest BCUT2D eigenvalue weighted by Gasteiger charge is -2.13. The Bertz CT molecular complexity index is 383. The normalized spacial score (nSPS) is 25.6. The Hall–Kier alpha value is -1.35. The van der Waals surface area contributed by atoms with Gasteiger partial charge in [-0.25, -0.2) is 0 Å². The largest absolute Gasteiger partial charge is 0.375 e. The predicted molar refractivity (Wildman–Crippen MR) is 49.4 cm³/mol. The summed E-state index contributed by atoms with van der Waals surface area (Å²) in [4.78, 5) is 11.3. The highest BCUT2D eigenvalue weighted by Crippen LogP contribution is 2.35. The quantitative estimate of drug-likeness (QED) is 0.624. The number of nitrogens with one attached hydrogen (secondary N) is 1. The van der Waals surface area contributed by atoms with Crippen molar-refractivity contribution < 1.29 is 9.90 Å². The number of aryl methyl sites for hydroxylation is 1. The first-order chi connectivity index (χ1) is 6.01. The zero-order valence-electron chi connectivity index (χ0n) is 7.59. The summed E-state index contributed by atoms with van der Waals surface area (Å²) < 4.78 is 0. The molecule has 1 aliphatic heterocycles. The Morgan fingerprint density at radius 2 is 2.15 bits per heavy atom. The third-order valence-corrected chi connectivity index (χ3v) is 2.39. The molecular formula is C10H11NO2. The minimum absolute atomic E-state index is 0.354. The zero-order valence-corrected chi connectivity index (χ0v) is 7.59.